The molecule has 8 heteroatoms. The summed E-state index contributed by atoms with van der Waals surface area (Å²) in [5, 5.41) is 6.86. The van der Waals surface area contributed by atoms with Crippen LogP contribution in [0.2, 0.25) is 0 Å². The molecule has 186 valence electrons. The molecule has 2 aliphatic rings. The average Bonchev–Trinajstić information content (AvgIpc) is 2.82. The molecule has 5 rings (SSSR count). The van der Waals surface area contributed by atoms with Gasteiger partial charge < -0.3 is 20.1 Å². The Labute approximate surface area is 215 Å². The SMILES string of the molecule is CCOc1cccc2c1O[C@@]1(C)[C@@H](C(=O)Nc3ccc(C)cc3C)[C@@H]2NC(=S)N1c1ccc(F)cc1. The van der Waals surface area contributed by atoms with Crippen LogP contribution in [0.15, 0.2) is 60.7 Å². The summed E-state index contributed by atoms with van der Waals surface area (Å²) in [6.45, 7) is 8.19. The average molecular weight is 506 g/mol. The van der Waals surface area contributed by atoms with Gasteiger partial charge in [0.25, 0.3) is 0 Å². The minimum atomic E-state index is -1.23. The van der Waals surface area contributed by atoms with Gasteiger partial charge >= 0.3 is 0 Å². The van der Waals surface area contributed by atoms with E-state index in [0.29, 0.717) is 28.9 Å². The van der Waals surface area contributed by atoms with Gasteiger partial charge in [0.1, 0.15) is 11.7 Å². The number of anilines is 2. The number of halogens is 1. The van der Waals surface area contributed by atoms with Crippen molar-refractivity contribution >= 4 is 34.6 Å². The highest BCUT2D eigenvalue weighted by Crippen LogP contribution is 2.52. The van der Waals surface area contributed by atoms with E-state index in [1.165, 1.54) is 12.1 Å². The Balaban J connectivity index is 1.64. The van der Waals surface area contributed by atoms with Crippen LogP contribution in [0.5, 0.6) is 11.5 Å². The standard InChI is InChI=1S/C28H28FN3O3S/c1-5-34-22-8-6-7-20-24-23(26(33)30-21-14-9-16(2)15-17(21)3)28(4,35-25(20)22)32(27(36)31-24)19-12-10-18(29)11-13-19/h6-15,23-24H,5H2,1-4H3,(H,30,33)(H,31,36)/t23-,24-,28+/m1/s1. The fraction of sp³-hybridized carbons (Fsp3) is 0.286. The van der Waals surface area contributed by atoms with E-state index in [2.05, 4.69) is 10.6 Å². The first-order chi connectivity index (χ1) is 17.2. The summed E-state index contributed by atoms with van der Waals surface area (Å²) in [5.74, 6) is -0.142. The topological polar surface area (TPSA) is 62.8 Å². The minimum absolute atomic E-state index is 0.218. The van der Waals surface area contributed by atoms with Gasteiger partial charge in [0.2, 0.25) is 5.91 Å². The summed E-state index contributed by atoms with van der Waals surface area (Å²) in [6.07, 6.45) is 0. The number of hydrogen-bond donors (Lipinski definition) is 2. The number of carbonyl (C=O) groups excluding carboxylic acids is 1. The second kappa shape index (κ2) is 9.09. The number of nitrogens with zero attached hydrogens (tertiary/aromatic N) is 1. The lowest BCUT2D eigenvalue weighted by atomic mass is 9.78. The van der Waals surface area contributed by atoms with Crippen LogP contribution in [-0.2, 0) is 4.79 Å². The normalized spacial score (nSPS) is 22.2. The zero-order valence-electron chi connectivity index (χ0n) is 20.6. The van der Waals surface area contributed by atoms with Gasteiger partial charge in [-0.3, -0.25) is 9.69 Å². The maximum absolute atomic E-state index is 14.0. The number of amides is 1. The van der Waals surface area contributed by atoms with Crippen molar-refractivity contribution in [3.63, 3.8) is 0 Å². The summed E-state index contributed by atoms with van der Waals surface area (Å²) >= 11 is 5.76. The Morgan fingerprint density at radius 1 is 1.19 bits per heavy atom. The number of thiocarbonyl (C=S) groups is 1. The van der Waals surface area contributed by atoms with Crippen molar-refractivity contribution in [3.05, 3.63) is 83.2 Å². The fourth-order valence-corrected chi connectivity index (χ4v) is 5.60. The van der Waals surface area contributed by atoms with Gasteiger partial charge in [-0.15, -0.1) is 0 Å². The lowest BCUT2D eigenvalue weighted by molar-refractivity contribution is -0.130. The number of ether oxygens (including phenoxy) is 2. The maximum atomic E-state index is 14.0. The van der Waals surface area contributed by atoms with Crippen LogP contribution in [0.4, 0.5) is 15.8 Å². The quantitative estimate of drug-likeness (QED) is 0.438. The predicted octanol–water partition coefficient (Wildman–Crippen LogP) is 5.64. The van der Waals surface area contributed by atoms with Crippen molar-refractivity contribution in [3.8, 4) is 11.5 Å². The van der Waals surface area contributed by atoms with Gasteiger partial charge in [-0.25, -0.2) is 4.39 Å². The number of hydrogen-bond acceptors (Lipinski definition) is 4. The molecule has 3 aromatic carbocycles. The van der Waals surface area contributed by atoms with Crippen LogP contribution < -0.4 is 25.0 Å². The van der Waals surface area contributed by atoms with E-state index >= 15 is 0 Å². The lowest BCUT2D eigenvalue weighted by Crippen LogP contribution is -2.72. The first-order valence-electron chi connectivity index (χ1n) is 11.9. The molecule has 0 aliphatic carbocycles. The van der Waals surface area contributed by atoms with Crippen LogP contribution in [-0.4, -0.2) is 23.4 Å². The molecule has 0 spiro atoms. The molecular weight excluding hydrogens is 477 g/mol. The highest BCUT2D eigenvalue weighted by atomic mass is 32.1. The largest absolute Gasteiger partial charge is 0.490 e. The summed E-state index contributed by atoms with van der Waals surface area (Å²) in [6, 6.07) is 17.0. The van der Waals surface area contributed by atoms with Crippen LogP contribution in [0.25, 0.3) is 0 Å². The summed E-state index contributed by atoms with van der Waals surface area (Å²) < 4.78 is 26.3. The molecule has 2 bridgehead atoms. The molecule has 3 atom stereocenters. The van der Waals surface area contributed by atoms with Gasteiger partial charge in [0, 0.05) is 16.9 Å². The molecule has 2 heterocycles. The predicted molar refractivity (Wildman–Crippen MR) is 142 cm³/mol. The maximum Gasteiger partial charge on any atom is 0.236 e. The van der Waals surface area contributed by atoms with Crippen molar-refractivity contribution in [2.24, 2.45) is 5.92 Å². The van der Waals surface area contributed by atoms with E-state index in [0.717, 1.165) is 22.4 Å². The molecule has 0 unspecified atom stereocenters. The van der Waals surface area contributed by atoms with E-state index in [1.54, 1.807) is 17.0 Å². The van der Waals surface area contributed by atoms with Crippen molar-refractivity contribution in [1.82, 2.24) is 5.32 Å². The summed E-state index contributed by atoms with van der Waals surface area (Å²) in [4.78, 5) is 15.7. The van der Waals surface area contributed by atoms with Crippen molar-refractivity contribution < 1.29 is 18.7 Å². The molecule has 1 saturated heterocycles. The second-order valence-corrected chi connectivity index (χ2v) is 9.68. The van der Waals surface area contributed by atoms with Crippen LogP contribution >= 0.6 is 12.2 Å². The molecule has 0 aromatic heterocycles. The van der Waals surface area contributed by atoms with Gasteiger partial charge in [0.05, 0.1) is 12.6 Å². The van der Waals surface area contributed by atoms with E-state index in [-0.39, 0.29) is 11.7 Å². The first kappa shape index (κ1) is 24.1. The number of fused-ring (bicyclic) bond motifs is 4. The Morgan fingerprint density at radius 2 is 1.94 bits per heavy atom. The van der Waals surface area contributed by atoms with Crippen molar-refractivity contribution in [1.29, 1.82) is 0 Å². The molecule has 2 N–H and O–H groups in total. The van der Waals surface area contributed by atoms with E-state index in [1.807, 2.05) is 64.1 Å². The molecule has 3 aromatic rings. The Hall–Kier alpha value is -3.65. The van der Waals surface area contributed by atoms with E-state index in [4.69, 9.17) is 21.7 Å². The first-order valence-corrected chi connectivity index (χ1v) is 12.3. The smallest absolute Gasteiger partial charge is 0.236 e. The van der Waals surface area contributed by atoms with Crippen molar-refractivity contribution in [2.75, 3.05) is 16.8 Å². The van der Waals surface area contributed by atoms with E-state index < -0.39 is 17.7 Å². The summed E-state index contributed by atoms with van der Waals surface area (Å²) in [5.41, 5.74) is 2.98. The number of carbonyl (C=O) groups is 1. The number of para-hydroxylation sites is 1. The molecule has 0 saturated carbocycles. The minimum Gasteiger partial charge on any atom is -0.490 e. The van der Waals surface area contributed by atoms with E-state index in [9.17, 15) is 9.18 Å². The lowest BCUT2D eigenvalue weighted by Gasteiger charge is -2.56. The highest BCUT2D eigenvalue weighted by molar-refractivity contribution is 7.80. The second-order valence-electron chi connectivity index (χ2n) is 9.29. The highest BCUT2D eigenvalue weighted by Gasteiger charge is 2.59. The van der Waals surface area contributed by atoms with Gasteiger partial charge in [-0.1, -0.05) is 29.8 Å². The number of aryl methyl sites for hydroxylation is 2. The Bertz CT molecular complexity index is 1350. The molecule has 36 heavy (non-hydrogen) atoms. The Kier molecular flexibility index (Phi) is 6.08. The Morgan fingerprint density at radius 3 is 2.64 bits per heavy atom. The van der Waals surface area contributed by atoms with Crippen LogP contribution in [0.3, 0.4) is 0 Å². The monoisotopic (exact) mass is 505 g/mol. The number of rotatable bonds is 5. The van der Waals surface area contributed by atoms with Crippen molar-refractivity contribution in [2.45, 2.75) is 39.5 Å². The van der Waals surface area contributed by atoms with Gasteiger partial charge in [0.15, 0.2) is 22.3 Å². The van der Waals surface area contributed by atoms with Gasteiger partial charge in [-0.2, -0.15) is 0 Å². The third-order valence-electron chi connectivity index (χ3n) is 6.80. The van der Waals surface area contributed by atoms with Crippen LogP contribution in [0.1, 0.15) is 36.6 Å². The molecule has 2 aliphatic heterocycles. The fourth-order valence-electron chi connectivity index (χ4n) is 5.18. The zero-order chi connectivity index (χ0) is 25.6. The van der Waals surface area contributed by atoms with Gasteiger partial charge in [-0.05, 0) is 81.9 Å². The number of nitrogens with one attached hydrogen (secondary N) is 2. The summed E-state index contributed by atoms with van der Waals surface area (Å²) in [7, 11) is 0. The molecular formula is C28H28FN3O3S. The third kappa shape index (κ3) is 3.95. The molecule has 6 nitrogen and oxygen atoms in total. The molecule has 1 amide bonds. The molecule has 1 fully saturated rings. The van der Waals surface area contributed by atoms with Crippen LogP contribution in [0, 0.1) is 25.6 Å². The zero-order valence-corrected chi connectivity index (χ0v) is 21.4. The number of benzene rings is 3. The third-order valence-corrected chi connectivity index (χ3v) is 7.10. The molecule has 0 radical (unpaired) electrons.